The first kappa shape index (κ1) is 12.6. The molecule has 1 aromatic heterocycles. The van der Waals surface area contributed by atoms with Crippen LogP contribution in [0.25, 0.3) is 0 Å². The molecule has 98 valence electrons. The van der Waals surface area contributed by atoms with E-state index < -0.39 is 0 Å². The van der Waals surface area contributed by atoms with Crippen LogP contribution in [-0.2, 0) is 16.6 Å². The Labute approximate surface area is 106 Å². The summed E-state index contributed by atoms with van der Waals surface area (Å²) in [5.74, 6) is -0.332. The van der Waals surface area contributed by atoms with Crippen LogP contribution < -0.4 is 0 Å². The number of aryl methyl sites for hydroxylation is 1. The van der Waals surface area contributed by atoms with Crippen LogP contribution in [0.15, 0.2) is 12.5 Å². The lowest BCUT2D eigenvalue weighted by molar-refractivity contribution is -0.146. The number of likely N-dealkylation sites (tertiary alicyclic amines) is 1. The maximum Gasteiger partial charge on any atom is 0.308 e. The van der Waals surface area contributed by atoms with Crippen molar-refractivity contribution in [2.45, 2.75) is 12.8 Å². The SMILES string of the molecule is COC(=O)C1CCN(C(=O)c2cn(C)cn2)CC1. The van der Waals surface area contributed by atoms with E-state index in [1.165, 1.54) is 7.11 Å². The third-order valence-electron chi connectivity index (χ3n) is 3.24. The summed E-state index contributed by atoms with van der Waals surface area (Å²) in [6.45, 7) is 1.16. The number of nitrogens with zero attached hydrogens (tertiary/aromatic N) is 3. The average molecular weight is 251 g/mol. The number of esters is 1. The van der Waals surface area contributed by atoms with Crippen molar-refractivity contribution in [2.24, 2.45) is 13.0 Å². The molecule has 0 saturated carbocycles. The second-order valence-corrected chi connectivity index (χ2v) is 4.51. The molecule has 2 heterocycles. The van der Waals surface area contributed by atoms with Gasteiger partial charge < -0.3 is 14.2 Å². The van der Waals surface area contributed by atoms with E-state index in [4.69, 9.17) is 4.74 Å². The van der Waals surface area contributed by atoms with Crippen LogP contribution in [0.4, 0.5) is 0 Å². The highest BCUT2D eigenvalue weighted by atomic mass is 16.5. The van der Waals surface area contributed by atoms with E-state index in [1.54, 1.807) is 22.0 Å². The summed E-state index contributed by atoms with van der Waals surface area (Å²) in [4.78, 5) is 29.2. The molecule has 1 saturated heterocycles. The number of imidazole rings is 1. The van der Waals surface area contributed by atoms with E-state index in [-0.39, 0.29) is 17.8 Å². The zero-order valence-corrected chi connectivity index (χ0v) is 10.6. The van der Waals surface area contributed by atoms with Crippen LogP contribution in [0.1, 0.15) is 23.3 Å². The van der Waals surface area contributed by atoms with E-state index in [0.717, 1.165) is 0 Å². The summed E-state index contributed by atoms with van der Waals surface area (Å²) in [6.07, 6.45) is 4.62. The summed E-state index contributed by atoms with van der Waals surface area (Å²) in [5, 5.41) is 0. The maximum absolute atomic E-state index is 12.1. The normalized spacial score (nSPS) is 16.7. The van der Waals surface area contributed by atoms with Crippen molar-refractivity contribution >= 4 is 11.9 Å². The van der Waals surface area contributed by atoms with Crippen LogP contribution >= 0.6 is 0 Å². The molecule has 1 aliphatic rings. The van der Waals surface area contributed by atoms with Crippen molar-refractivity contribution < 1.29 is 14.3 Å². The number of aromatic nitrogens is 2. The van der Waals surface area contributed by atoms with Gasteiger partial charge in [0.05, 0.1) is 19.4 Å². The fourth-order valence-electron chi connectivity index (χ4n) is 2.17. The molecule has 6 nitrogen and oxygen atoms in total. The van der Waals surface area contributed by atoms with Gasteiger partial charge in [0.15, 0.2) is 0 Å². The Balaban J connectivity index is 1.94. The molecular weight excluding hydrogens is 234 g/mol. The zero-order chi connectivity index (χ0) is 13.1. The Morgan fingerprint density at radius 1 is 1.39 bits per heavy atom. The monoisotopic (exact) mass is 251 g/mol. The van der Waals surface area contributed by atoms with Crippen LogP contribution in [0, 0.1) is 5.92 Å². The topological polar surface area (TPSA) is 64.4 Å². The van der Waals surface area contributed by atoms with Gasteiger partial charge in [-0.25, -0.2) is 4.98 Å². The van der Waals surface area contributed by atoms with Crippen molar-refractivity contribution in [2.75, 3.05) is 20.2 Å². The van der Waals surface area contributed by atoms with Crippen LogP contribution in [-0.4, -0.2) is 46.5 Å². The second kappa shape index (κ2) is 5.20. The minimum atomic E-state index is -0.181. The number of piperidine rings is 1. The third-order valence-corrected chi connectivity index (χ3v) is 3.24. The van der Waals surface area contributed by atoms with E-state index in [2.05, 4.69) is 4.98 Å². The van der Waals surface area contributed by atoms with Gasteiger partial charge in [-0.05, 0) is 12.8 Å². The first-order valence-corrected chi connectivity index (χ1v) is 5.97. The molecule has 0 aromatic carbocycles. The fourth-order valence-corrected chi connectivity index (χ4v) is 2.17. The lowest BCUT2D eigenvalue weighted by Crippen LogP contribution is -2.40. The number of ether oxygens (including phenoxy) is 1. The fraction of sp³-hybridized carbons (Fsp3) is 0.583. The molecule has 1 fully saturated rings. The molecule has 0 aliphatic carbocycles. The average Bonchev–Trinajstić information content (AvgIpc) is 2.84. The van der Waals surface area contributed by atoms with Gasteiger partial charge in [-0.2, -0.15) is 0 Å². The van der Waals surface area contributed by atoms with Crippen molar-refractivity contribution in [1.82, 2.24) is 14.5 Å². The maximum atomic E-state index is 12.1. The lowest BCUT2D eigenvalue weighted by atomic mass is 9.97. The van der Waals surface area contributed by atoms with Crippen molar-refractivity contribution in [1.29, 1.82) is 0 Å². The highest BCUT2D eigenvalue weighted by Gasteiger charge is 2.28. The second-order valence-electron chi connectivity index (χ2n) is 4.51. The van der Waals surface area contributed by atoms with Crippen molar-refractivity contribution in [3.8, 4) is 0 Å². The Hall–Kier alpha value is -1.85. The zero-order valence-electron chi connectivity index (χ0n) is 10.6. The van der Waals surface area contributed by atoms with Gasteiger partial charge in [0.2, 0.25) is 0 Å². The van der Waals surface area contributed by atoms with Crippen molar-refractivity contribution in [3.63, 3.8) is 0 Å². The Morgan fingerprint density at radius 2 is 2.06 bits per heavy atom. The lowest BCUT2D eigenvalue weighted by Gasteiger charge is -2.30. The smallest absolute Gasteiger partial charge is 0.308 e. The van der Waals surface area contributed by atoms with Gasteiger partial charge in [-0.15, -0.1) is 0 Å². The summed E-state index contributed by atoms with van der Waals surface area (Å²) in [7, 11) is 3.22. The Bertz CT molecular complexity index is 447. The molecule has 1 aromatic rings. The number of hydrogen-bond donors (Lipinski definition) is 0. The number of hydrogen-bond acceptors (Lipinski definition) is 4. The van der Waals surface area contributed by atoms with E-state index in [9.17, 15) is 9.59 Å². The van der Waals surface area contributed by atoms with E-state index in [1.807, 2.05) is 7.05 Å². The molecule has 0 radical (unpaired) electrons. The first-order valence-electron chi connectivity index (χ1n) is 5.97. The van der Waals surface area contributed by atoms with Gasteiger partial charge in [0.25, 0.3) is 5.91 Å². The Morgan fingerprint density at radius 3 is 2.56 bits per heavy atom. The number of carbonyl (C=O) groups excluding carboxylic acids is 2. The van der Waals surface area contributed by atoms with Gasteiger partial charge in [0.1, 0.15) is 5.69 Å². The highest BCUT2D eigenvalue weighted by Crippen LogP contribution is 2.19. The molecule has 0 N–H and O–H groups in total. The quantitative estimate of drug-likeness (QED) is 0.716. The van der Waals surface area contributed by atoms with Crippen molar-refractivity contribution in [3.05, 3.63) is 18.2 Å². The summed E-state index contributed by atoms with van der Waals surface area (Å²) in [6, 6.07) is 0. The number of amides is 1. The van der Waals surface area contributed by atoms with Gasteiger partial charge in [-0.3, -0.25) is 9.59 Å². The molecule has 1 amide bonds. The largest absolute Gasteiger partial charge is 0.469 e. The molecule has 0 bridgehead atoms. The molecule has 1 aliphatic heterocycles. The van der Waals surface area contributed by atoms with E-state index in [0.29, 0.717) is 31.6 Å². The number of methoxy groups -OCH3 is 1. The predicted octanol–water partition coefficient (Wildman–Crippen LogP) is 0.445. The molecule has 6 heteroatoms. The standard InChI is InChI=1S/C12H17N3O3/c1-14-7-10(13-8-14)11(16)15-5-3-9(4-6-15)12(17)18-2/h7-9H,3-6H2,1-2H3. The molecule has 0 spiro atoms. The first-order chi connectivity index (χ1) is 8.61. The predicted molar refractivity (Wildman–Crippen MR) is 63.9 cm³/mol. The molecular formula is C12H17N3O3. The minimum absolute atomic E-state index is 0.0704. The highest BCUT2D eigenvalue weighted by molar-refractivity contribution is 5.92. The van der Waals surface area contributed by atoms with E-state index >= 15 is 0 Å². The van der Waals surface area contributed by atoms with Crippen LogP contribution in [0.3, 0.4) is 0 Å². The molecule has 18 heavy (non-hydrogen) atoms. The molecule has 2 rings (SSSR count). The number of carbonyl (C=O) groups is 2. The Kier molecular flexibility index (Phi) is 3.64. The number of rotatable bonds is 2. The third kappa shape index (κ3) is 2.52. The van der Waals surface area contributed by atoms with Gasteiger partial charge >= 0.3 is 5.97 Å². The minimum Gasteiger partial charge on any atom is -0.469 e. The van der Waals surface area contributed by atoms with Crippen LogP contribution in [0.2, 0.25) is 0 Å². The summed E-state index contributed by atoms with van der Waals surface area (Å²) < 4.78 is 6.46. The summed E-state index contributed by atoms with van der Waals surface area (Å²) >= 11 is 0. The van der Waals surface area contributed by atoms with Gasteiger partial charge in [0, 0.05) is 26.3 Å². The molecule has 0 atom stereocenters. The molecule has 0 unspecified atom stereocenters. The van der Waals surface area contributed by atoms with Crippen LogP contribution in [0.5, 0.6) is 0 Å². The van der Waals surface area contributed by atoms with Gasteiger partial charge in [-0.1, -0.05) is 0 Å². The summed E-state index contributed by atoms with van der Waals surface area (Å²) in [5.41, 5.74) is 0.453.